The van der Waals surface area contributed by atoms with E-state index in [1.165, 1.54) is 12.1 Å². The molecule has 4 nitrogen and oxygen atoms in total. The molecule has 1 unspecified atom stereocenters. The molecule has 1 heterocycles. The largest absolute Gasteiger partial charge is 0.446 e. The van der Waals surface area contributed by atoms with Gasteiger partial charge in [0.1, 0.15) is 0 Å². The third kappa shape index (κ3) is 6.88. The van der Waals surface area contributed by atoms with Crippen molar-refractivity contribution in [2.75, 3.05) is 19.6 Å². The second-order valence-corrected chi connectivity index (χ2v) is 7.97. The predicted octanol–water partition coefficient (Wildman–Crippen LogP) is 3.00. The zero-order valence-electron chi connectivity index (χ0n) is 12.1. The summed E-state index contributed by atoms with van der Waals surface area (Å²) in [7, 11) is -3.67. The summed E-state index contributed by atoms with van der Waals surface area (Å²) in [5.41, 5.74) is -4.38. The van der Waals surface area contributed by atoms with Crippen LogP contribution in [-0.4, -0.2) is 33.6 Å². The van der Waals surface area contributed by atoms with Crippen LogP contribution in [0.5, 0.6) is 0 Å². The van der Waals surface area contributed by atoms with Gasteiger partial charge in [-0.2, -0.15) is 13.2 Å². The number of thioether (sulfide) groups is 1. The molecule has 23 heavy (non-hydrogen) atoms. The molecule has 0 bridgehead atoms. The van der Waals surface area contributed by atoms with E-state index in [1.54, 1.807) is 0 Å². The standard InChI is InChI=1S/C13H17F3N2O2S2.ClH/c14-13(15,16)21-11-1-3-12(4-2-11)22(19,20)18-8-6-10-5-7-17-9-10;/h1-4,10,17-18H,5-9H2;1H. The molecule has 1 aromatic carbocycles. The average Bonchev–Trinajstić information content (AvgIpc) is 2.90. The van der Waals surface area contributed by atoms with Crippen LogP contribution in [0, 0.1) is 5.92 Å². The van der Waals surface area contributed by atoms with Crippen LogP contribution in [0.4, 0.5) is 13.2 Å². The van der Waals surface area contributed by atoms with Gasteiger partial charge in [0.05, 0.1) is 4.90 Å². The third-order valence-electron chi connectivity index (χ3n) is 3.37. The third-order valence-corrected chi connectivity index (χ3v) is 5.59. The highest BCUT2D eigenvalue weighted by Gasteiger charge is 2.29. The predicted molar refractivity (Wildman–Crippen MR) is 86.4 cm³/mol. The first kappa shape index (κ1) is 20.6. The van der Waals surface area contributed by atoms with Crippen molar-refractivity contribution in [3.63, 3.8) is 0 Å². The molecule has 0 radical (unpaired) electrons. The summed E-state index contributed by atoms with van der Waals surface area (Å²) in [4.78, 5) is -0.0629. The maximum absolute atomic E-state index is 12.2. The van der Waals surface area contributed by atoms with E-state index in [4.69, 9.17) is 0 Å². The summed E-state index contributed by atoms with van der Waals surface area (Å²) < 4.78 is 63.2. The van der Waals surface area contributed by atoms with Crippen molar-refractivity contribution in [2.24, 2.45) is 5.92 Å². The quantitative estimate of drug-likeness (QED) is 0.733. The van der Waals surface area contributed by atoms with Crippen LogP contribution in [-0.2, 0) is 10.0 Å². The summed E-state index contributed by atoms with van der Waals surface area (Å²) in [6.45, 7) is 2.18. The van der Waals surface area contributed by atoms with Crippen molar-refractivity contribution >= 4 is 34.2 Å². The highest BCUT2D eigenvalue weighted by atomic mass is 35.5. The number of sulfonamides is 1. The second kappa shape index (κ2) is 8.57. The lowest BCUT2D eigenvalue weighted by molar-refractivity contribution is -0.0328. The lowest BCUT2D eigenvalue weighted by atomic mass is 10.1. The van der Waals surface area contributed by atoms with Gasteiger partial charge >= 0.3 is 5.51 Å². The number of benzene rings is 1. The number of halogens is 4. The van der Waals surface area contributed by atoms with Gasteiger partial charge in [-0.1, -0.05) is 0 Å². The van der Waals surface area contributed by atoms with Gasteiger partial charge in [0, 0.05) is 11.4 Å². The topological polar surface area (TPSA) is 58.2 Å². The normalized spacial score (nSPS) is 18.7. The van der Waals surface area contributed by atoms with Crippen molar-refractivity contribution in [1.82, 2.24) is 10.0 Å². The molecule has 0 amide bonds. The Bertz CT molecular complexity index is 588. The van der Waals surface area contributed by atoms with Crippen LogP contribution < -0.4 is 10.0 Å². The van der Waals surface area contributed by atoms with Gasteiger partial charge < -0.3 is 5.32 Å². The van der Waals surface area contributed by atoms with E-state index in [2.05, 4.69) is 10.0 Å². The van der Waals surface area contributed by atoms with Gasteiger partial charge in [0.15, 0.2) is 0 Å². The molecule has 132 valence electrons. The molecule has 0 saturated carbocycles. The van der Waals surface area contributed by atoms with Gasteiger partial charge in [-0.25, -0.2) is 13.1 Å². The van der Waals surface area contributed by atoms with Gasteiger partial charge in [-0.05, 0) is 67.9 Å². The molecule has 0 aliphatic carbocycles. The second-order valence-electron chi connectivity index (χ2n) is 5.06. The van der Waals surface area contributed by atoms with E-state index in [0.29, 0.717) is 12.5 Å². The minimum absolute atomic E-state index is 0. The molecule has 1 saturated heterocycles. The molecule has 0 aromatic heterocycles. The van der Waals surface area contributed by atoms with E-state index >= 15 is 0 Å². The van der Waals surface area contributed by atoms with Gasteiger partial charge in [0.25, 0.3) is 0 Å². The van der Waals surface area contributed by atoms with Gasteiger partial charge in [0.2, 0.25) is 10.0 Å². The van der Waals surface area contributed by atoms with Crippen LogP contribution in [0.3, 0.4) is 0 Å². The van der Waals surface area contributed by atoms with E-state index in [0.717, 1.165) is 38.1 Å². The van der Waals surface area contributed by atoms with Crippen LogP contribution in [0.1, 0.15) is 12.8 Å². The van der Waals surface area contributed by atoms with Crippen LogP contribution in [0.15, 0.2) is 34.1 Å². The number of hydrogen-bond donors (Lipinski definition) is 2. The van der Waals surface area contributed by atoms with E-state index in [-0.39, 0.29) is 34.0 Å². The van der Waals surface area contributed by atoms with Crippen LogP contribution in [0.2, 0.25) is 0 Å². The smallest absolute Gasteiger partial charge is 0.316 e. The molecule has 1 aliphatic heterocycles. The number of hydrogen-bond acceptors (Lipinski definition) is 4. The molecule has 1 atom stereocenters. The van der Waals surface area contributed by atoms with E-state index in [1.807, 2.05) is 0 Å². The van der Waals surface area contributed by atoms with Crippen molar-refractivity contribution in [2.45, 2.75) is 28.1 Å². The maximum atomic E-state index is 12.2. The Hall–Kier alpha value is -0.480. The maximum Gasteiger partial charge on any atom is 0.446 e. The minimum atomic E-state index is -4.38. The van der Waals surface area contributed by atoms with Crippen LogP contribution >= 0.6 is 24.2 Å². The van der Waals surface area contributed by atoms with Gasteiger partial charge in [-0.15, -0.1) is 12.4 Å². The molecule has 2 N–H and O–H groups in total. The summed E-state index contributed by atoms with van der Waals surface area (Å²) in [6.07, 6.45) is 1.78. The highest BCUT2D eigenvalue weighted by molar-refractivity contribution is 8.00. The molecule has 1 aliphatic rings. The average molecular weight is 391 g/mol. The Morgan fingerprint density at radius 2 is 1.91 bits per heavy atom. The molecular weight excluding hydrogens is 373 g/mol. The molecule has 10 heteroatoms. The minimum Gasteiger partial charge on any atom is -0.316 e. The van der Waals surface area contributed by atoms with Crippen molar-refractivity contribution in [3.8, 4) is 0 Å². The van der Waals surface area contributed by atoms with Crippen LogP contribution in [0.25, 0.3) is 0 Å². The molecular formula is C13H18ClF3N2O2S2. The number of nitrogens with one attached hydrogen (secondary N) is 2. The highest BCUT2D eigenvalue weighted by Crippen LogP contribution is 2.36. The van der Waals surface area contributed by atoms with Crippen molar-refractivity contribution in [1.29, 1.82) is 0 Å². The molecule has 2 rings (SSSR count). The monoisotopic (exact) mass is 390 g/mol. The Morgan fingerprint density at radius 1 is 1.26 bits per heavy atom. The lowest BCUT2D eigenvalue weighted by Crippen LogP contribution is -2.26. The molecule has 1 fully saturated rings. The summed E-state index contributed by atoms with van der Waals surface area (Å²) in [5.74, 6) is 0.466. The van der Waals surface area contributed by atoms with Gasteiger partial charge in [-0.3, -0.25) is 0 Å². The summed E-state index contributed by atoms with van der Waals surface area (Å²) >= 11 is -0.267. The SMILES string of the molecule is Cl.O=S(=O)(NCCC1CCNC1)c1ccc(SC(F)(F)F)cc1. The fraction of sp³-hybridized carbons (Fsp3) is 0.538. The zero-order chi connectivity index (χ0) is 16.2. The number of alkyl halides is 3. The Morgan fingerprint density at radius 3 is 2.43 bits per heavy atom. The molecule has 0 spiro atoms. The Kier molecular flexibility index (Phi) is 7.66. The number of rotatable bonds is 6. The first-order valence-corrected chi connectivity index (χ1v) is 9.12. The Balaban J connectivity index is 0.00000264. The Labute approximate surface area is 144 Å². The first-order valence-electron chi connectivity index (χ1n) is 6.82. The summed E-state index contributed by atoms with van der Waals surface area (Å²) in [5, 5.41) is 3.21. The van der Waals surface area contributed by atoms with E-state index < -0.39 is 15.5 Å². The summed E-state index contributed by atoms with van der Waals surface area (Å²) in [6, 6.07) is 4.70. The molecule has 1 aromatic rings. The van der Waals surface area contributed by atoms with E-state index in [9.17, 15) is 21.6 Å². The lowest BCUT2D eigenvalue weighted by Gasteiger charge is -2.11. The zero-order valence-corrected chi connectivity index (χ0v) is 14.5. The fourth-order valence-electron chi connectivity index (χ4n) is 2.26. The van der Waals surface area contributed by atoms with Crippen molar-refractivity contribution in [3.05, 3.63) is 24.3 Å². The first-order chi connectivity index (χ1) is 10.3. The fourth-order valence-corrected chi connectivity index (χ4v) is 3.85. The van der Waals surface area contributed by atoms with Crippen molar-refractivity contribution < 1.29 is 21.6 Å².